The Kier molecular flexibility index (Phi) is 6.41. The fourth-order valence-electron chi connectivity index (χ4n) is 3.14. The molecule has 2 rings (SSSR count). The Morgan fingerprint density at radius 3 is 2.33 bits per heavy atom. The summed E-state index contributed by atoms with van der Waals surface area (Å²) in [6.07, 6.45) is 5.39. The van der Waals surface area contributed by atoms with Crippen LogP contribution < -0.4 is 5.32 Å². The van der Waals surface area contributed by atoms with Gasteiger partial charge in [0.05, 0.1) is 6.54 Å². The number of rotatable bonds is 6. The van der Waals surface area contributed by atoms with E-state index in [1.807, 2.05) is 43.9 Å². The number of amides is 2. The summed E-state index contributed by atoms with van der Waals surface area (Å²) in [5.41, 5.74) is 0.773. The third-order valence-corrected chi connectivity index (χ3v) is 4.65. The number of carbonyl (C=O) groups is 2. The summed E-state index contributed by atoms with van der Waals surface area (Å²) in [5, 5.41) is 2.79. The summed E-state index contributed by atoms with van der Waals surface area (Å²) in [6, 6.07) is 10.6. The van der Waals surface area contributed by atoms with Gasteiger partial charge in [-0.05, 0) is 24.8 Å². The van der Waals surface area contributed by atoms with Crippen LogP contribution in [0.15, 0.2) is 30.3 Å². The van der Waals surface area contributed by atoms with Crippen LogP contribution in [-0.2, 0) is 16.0 Å². The van der Waals surface area contributed by atoms with Gasteiger partial charge in [-0.15, -0.1) is 0 Å². The van der Waals surface area contributed by atoms with E-state index in [2.05, 4.69) is 17.4 Å². The van der Waals surface area contributed by atoms with Crippen molar-refractivity contribution in [2.45, 2.75) is 58.9 Å². The highest BCUT2D eigenvalue weighted by atomic mass is 16.2. The van der Waals surface area contributed by atoms with Gasteiger partial charge >= 0.3 is 0 Å². The molecule has 132 valence electrons. The molecule has 0 radical (unpaired) electrons. The van der Waals surface area contributed by atoms with Crippen molar-refractivity contribution in [2.75, 3.05) is 13.1 Å². The average molecular weight is 330 g/mol. The van der Waals surface area contributed by atoms with Crippen molar-refractivity contribution >= 4 is 11.8 Å². The molecule has 4 heteroatoms. The van der Waals surface area contributed by atoms with Gasteiger partial charge in [0.2, 0.25) is 11.8 Å². The van der Waals surface area contributed by atoms with Crippen LogP contribution in [0, 0.1) is 5.41 Å². The summed E-state index contributed by atoms with van der Waals surface area (Å²) in [5.74, 6) is -0.0410. The highest BCUT2D eigenvalue weighted by Gasteiger charge is 2.28. The second-order valence-electron chi connectivity index (χ2n) is 7.69. The van der Waals surface area contributed by atoms with E-state index in [-0.39, 0.29) is 18.4 Å². The lowest BCUT2D eigenvalue weighted by Gasteiger charge is -2.30. The van der Waals surface area contributed by atoms with Crippen molar-refractivity contribution < 1.29 is 9.59 Å². The predicted octanol–water partition coefficient (Wildman–Crippen LogP) is 3.16. The molecule has 24 heavy (non-hydrogen) atoms. The molecular weight excluding hydrogens is 300 g/mol. The van der Waals surface area contributed by atoms with Crippen molar-refractivity contribution in [3.05, 3.63) is 35.9 Å². The lowest BCUT2D eigenvalue weighted by atomic mass is 9.96. The van der Waals surface area contributed by atoms with Crippen LogP contribution in [0.5, 0.6) is 0 Å². The first-order valence-electron chi connectivity index (χ1n) is 8.99. The number of nitrogens with zero attached hydrogens (tertiary/aromatic N) is 1. The van der Waals surface area contributed by atoms with Gasteiger partial charge in [0.25, 0.3) is 0 Å². The van der Waals surface area contributed by atoms with Gasteiger partial charge in [0.15, 0.2) is 0 Å². The Morgan fingerprint density at radius 1 is 1.12 bits per heavy atom. The molecule has 1 aromatic rings. The van der Waals surface area contributed by atoms with Gasteiger partial charge in [0, 0.05) is 18.0 Å². The minimum atomic E-state index is -0.470. The first-order chi connectivity index (χ1) is 11.4. The minimum Gasteiger partial charge on any atom is -0.347 e. The molecule has 1 aromatic carbocycles. The molecule has 0 aliphatic heterocycles. The van der Waals surface area contributed by atoms with Crippen LogP contribution in [0.2, 0.25) is 0 Å². The molecule has 1 fully saturated rings. The van der Waals surface area contributed by atoms with Gasteiger partial charge in [0.1, 0.15) is 0 Å². The zero-order chi connectivity index (χ0) is 17.6. The quantitative estimate of drug-likeness (QED) is 0.871. The molecule has 4 nitrogen and oxygen atoms in total. The highest BCUT2D eigenvalue weighted by molar-refractivity contribution is 5.87. The molecular formula is C20H30N2O2. The van der Waals surface area contributed by atoms with Crippen LogP contribution in [0.3, 0.4) is 0 Å². The van der Waals surface area contributed by atoms with Gasteiger partial charge in [-0.25, -0.2) is 0 Å². The lowest BCUT2D eigenvalue weighted by Crippen LogP contribution is -2.47. The van der Waals surface area contributed by atoms with Gasteiger partial charge in [-0.3, -0.25) is 9.59 Å². The maximum Gasteiger partial charge on any atom is 0.242 e. The normalized spacial score (nSPS) is 15.3. The third-order valence-electron chi connectivity index (χ3n) is 4.65. The SMILES string of the molecule is CC(C)(C)C(=O)NCC(=O)N(CCc1ccccc1)C1CCCC1. The maximum atomic E-state index is 12.7. The number of hydrogen-bond donors (Lipinski definition) is 1. The molecule has 2 amide bonds. The molecule has 0 aromatic heterocycles. The fourth-order valence-corrected chi connectivity index (χ4v) is 3.14. The lowest BCUT2D eigenvalue weighted by molar-refractivity contribution is -0.136. The van der Waals surface area contributed by atoms with E-state index < -0.39 is 5.41 Å². The summed E-state index contributed by atoms with van der Waals surface area (Å²) in [6.45, 7) is 6.39. The second kappa shape index (κ2) is 8.32. The van der Waals surface area contributed by atoms with Crippen LogP contribution in [-0.4, -0.2) is 35.8 Å². The van der Waals surface area contributed by atoms with Crippen molar-refractivity contribution in [1.29, 1.82) is 0 Å². The Bertz CT molecular complexity index is 543. The van der Waals surface area contributed by atoms with Gasteiger partial charge < -0.3 is 10.2 Å². The first-order valence-corrected chi connectivity index (χ1v) is 8.99. The Hall–Kier alpha value is -1.84. The highest BCUT2D eigenvalue weighted by Crippen LogP contribution is 2.24. The standard InChI is InChI=1S/C20H30N2O2/c1-20(2,3)19(24)21-15-18(23)22(17-11-7-8-12-17)14-13-16-9-5-4-6-10-16/h4-6,9-10,17H,7-8,11-15H2,1-3H3,(H,21,24). The Morgan fingerprint density at radius 2 is 1.75 bits per heavy atom. The van der Waals surface area contributed by atoms with Crippen molar-refractivity contribution in [2.24, 2.45) is 5.41 Å². The number of hydrogen-bond acceptors (Lipinski definition) is 2. The third kappa shape index (κ3) is 5.36. The van der Waals surface area contributed by atoms with Gasteiger partial charge in [-0.2, -0.15) is 0 Å². The van der Waals surface area contributed by atoms with E-state index in [9.17, 15) is 9.59 Å². The molecule has 0 bridgehead atoms. The van der Waals surface area contributed by atoms with E-state index in [0.717, 1.165) is 25.8 Å². The topological polar surface area (TPSA) is 49.4 Å². The predicted molar refractivity (Wildman–Crippen MR) is 96.6 cm³/mol. The molecule has 1 saturated carbocycles. The molecule has 0 saturated heterocycles. The number of benzene rings is 1. The average Bonchev–Trinajstić information content (AvgIpc) is 3.07. The van der Waals surface area contributed by atoms with E-state index in [0.29, 0.717) is 6.04 Å². The smallest absolute Gasteiger partial charge is 0.242 e. The van der Waals surface area contributed by atoms with Crippen molar-refractivity contribution in [1.82, 2.24) is 10.2 Å². The van der Waals surface area contributed by atoms with E-state index >= 15 is 0 Å². The Labute approximate surface area is 145 Å². The van der Waals surface area contributed by atoms with Crippen LogP contribution in [0.4, 0.5) is 0 Å². The summed E-state index contributed by atoms with van der Waals surface area (Å²) in [7, 11) is 0. The molecule has 1 aliphatic rings. The van der Waals surface area contributed by atoms with Gasteiger partial charge in [-0.1, -0.05) is 63.9 Å². The van der Waals surface area contributed by atoms with E-state index in [1.54, 1.807) is 0 Å². The summed E-state index contributed by atoms with van der Waals surface area (Å²) >= 11 is 0. The largest absolute Gasteiger partial charge is 0.347 e. The maximum absolute atomic E-state index is 12.7. The van der Waals surface area contributed by atoms with Crippen LogP contribution in [0.25, 0.3) is 0 Å². The molecule has 0 spiro atoms. The fraction of sp³-hybridized carbons (Fsp3) is 0.600. The minimum absolute atomic E-state index is 0.0374. The van der Waals surface area contributed by atoms with Crippen LogP contribution >= 0.6 is 0 Å². The molecule has 1 aliphatic carbocycles. The van der Waals surface area contributed by atoms with Crippen molar-refractivity contribution in [3.8, 4) is 0 Å². The first kappa shape index (κ1) is 18.5. The molecule has 0 heterocycles. The molecule has 0 atom stereocenters. The Balaban J connectivity index is 1.94. The number of carbonyl (C=O) groups excluding carboxylic acids is 2. The van der Waals surface area contributed by atoms with Crippen LogP contribution in [0.1, 0.15) is 52.0 Å². The van der Waals surface area contributed by atoms with Crippen molar-refractivity contribution in [3.63, 3.8) is 0 Å². The summed E-state index contributed by atoms with van der Waals surface area (Å²) < 4.78 is 0. The molecule has 0 unspecified atom stereocenters. The zero-order valence-electron chi connectivity index (χ0n) is 15.2. The van der Waals surface area contributed by atoms with E-state index in [1.165, 1.54) is 18.4 Å². The zero-order valence-corrected chi connectivity index (χ0v) is 15.2. The molecule has 1 N–H and O–H groups in total. The summed E-state index contributed by atoms with van der Waals surface area (Å²) in [4.78, 5) is 26.7. The monoisotopic (exact) mass is 330 g/mol. The second-order valence-corrected chi connectivity index (χ2v) is 7.69. The number of nitrogens with one attached hydrogen (secondary N) is 1. The van der Waals surface area contributed by atoms with E-state index in [4.69, 9.17) is 0 Å².